The number of nitrogens with zero attached hydrogens (tertiary/aromatic N) is 1. The number of ketones is 1. The van der Waals surface area contributed by atoms with Gasteiger partial charge in [-0.15, -0.1) is 0 Å². The Bertz CT molecular complexity index is 1280. The van der Waals surface area contributed by atoms with Crippen molar-refractivity contribution >= 4 is 28.2 Å². The van der Waals surface area contributed by atoms with E-state index in [0.717, 1.165) is 40.3 Å². The summed E-state index contributed by atoms with van der Waals surface area (Å²) in [6.07, 6.45) is 1.68. The Morgan fingerprint density at radius 1 is 1.06 bits per heavy atom. The Labute approximate surface area is 193 Å². The van der Waals surface area contributed by atoms with Crippen molar-refractivity contribution in [2.75, 3.05) is 13.2 Å². The largest absolute Gasteiger partial charge is 0.507 e. The summed E-state index contributed by atoms with van der Waals surface area (Å²) in [6.45, 7) is 4.82. The van der Waals surface area contributed by atoms with Gasteiger partial charge in [-0.3, -0.25) is 9.59 Å². The van der Waals surface area contributed by atoms with E-state index in [2.05, 4.69) is 0 Å². The highest BCUT2D eigenvalue weighted by atomic mass is 16.5. The fourth-order valence-corrected chi connectivity index (χ4v) is 5.02. The molecule has 0 saturated carbocycles. The number of aryl methyl sites for hydroxylation is 2. The third kappa shape index (κ3) is 3.72. The van der Waals surface area contributed by atoms with E-state index in [1.165, 1.54) is 0 Å². The van der Waals surface area contributed by atoms with Crippen LogP contribution in [0.3, 0.4) is 0 Å². The average molecular weight is 442 g/mol. The molecule has 5 rings (SSSR count). The van der Waals surface area contributed by atoms with Crippen LogP contribution in [0.25, 0.3) is 16.5 Å². The van der Waals surface area contributed by atoms with Crippen molar-refractivity contribution < 1.29 is 19.4 Å². The van der Waals surface area contributed by atoms with E-state index in [1.807, 2.05) is 74.5 Å². The molecule has 33 heavy (non-hydrogen) atoms. The van der Waals surface area contributed by atoms with E-state index in [-0.39, 0.29) is 17.4 Å². The van der Waals surface area contributed by atoms with Crippen LogP contribution in [-0.4, -0.2) is 41.0 Å². The molecule has 0 aliphatic carbocycles. The maximum atomic E-state index is 13.4. The normalized spacial score (nSPS) is 22.4. The molecule has 3 aromatic rings. The van der Waals surface area contributed by atoms with Gasteiger partial charge in [0.05, 0.1) is 17.7 Å². The summed E-state index contributed by atoms with van der Waals surface area (Å²) in [7, 11) is 0. The maximum Gasteiger partial charge on any atom is 0.295 e. The molecule has 5 heteroatoms. The molecule has 0 radical (unpaired) electrons. The molecule has 2 saturated heterocycles. The molecule has 2 aliphatic heterocycles. The predicted molar refractivity (Wildman–Crippen MR) is 128 cm³/mol. The van der Waals surface area contributed by atoms with Crippen LogP contribution in [-0.2, 0) is 14.3 Å². The van der Waals surface area contributed by atoms with Gasteiger partial charge in [0.2, 0.25) is 0 Å². The van der Waals surface area contributed by atoms with Gasteiger partial charge < -0.3 is 14.7 Å². The first-order valence-electron chi connectivity index (χ1n) is 11.4. The number of benzene rings is 3. The fourth-order valence-electron chi connectivity index (χ4n) is 5.02. The van der Waals surface area contributed by atoms with E-state index < -0.39 is 17.7 Å². The number of Topliss-reactive ketones (excluding diaryl/α,β-unsaturated/α-hetero) is 1. The predicted octanol–water partition coefficient (Wildman–Crippen LogP) is 5.06. The first-order chi connectivity index (χ1) is 16.0. The van der Waals surface area contributed by atoms with Crippen LogP contribution < -0.4 is 0 Å². The van der Waals surface area contributed by atoms with Crippen molar-refractivity contribution in [1.82, 2.24) is 4.90 Å². The van der Waals surface area contributed by atoms with Gasteiger partial charge in [0.25, 0.3) is 11.7 Å². The monoisotopic (exact) mass is 441 g/mol. The van der Waals surface area contributed by atoms with Crippen LogP contribution in [0.4, 0.5) is 0 Å². The second-order valence-corrected chi connectivity index (χ2v) is 8.97. The first-order valence-corrected chi connectivity index (χ1v) is 11.4. The minimum atomic E-state index is -0.680. The average Bonchev–Trinajstić information content (AvgIpc) is 3.42. The molecule has 2 unspecified atom stereocenters. The molecule has 2 fully saturated rings. The molecule has 1 N–H and O–H groups in total. The van der Waals surface area contributed by atoms with Gasteiger partial charge in [-0.25, -0.2) is 0 Å². The zero-order valence-corrected chi connectivity index (χ0v) is 18.9. The SMILES string of the molecule is Cc1ccc(C)c(/C(O)=C2\C(=O)C(=O)N(CC3CCCO3)C2c2cccc3ccccc23)c1. The van der Waals surface area contributed by atoms with Gasteiger partial charge >= 0.3 is 0 Å². The van der Waals surface area contributed by atoms with Crippen LogP contribution in [0.5, 0.6) is 0 Å². The van der Waals surface area contributed by atoms with Crippen molar-refractivity contribution in [2.45, 2.75) is 38.8 Å². The summed E-state index contributed by atoms with van der Waals surface area (Å²) in [5, 5.41) is 13.4. The molecule has 0 bridgehead atoms. The fraction of sp³-hybridized carbons (Fsp3) is 0.286. The third-order valence-corrected chi connectivity index (χ3v) is 6.73. The molecule has 168 valence electrons. The maximum absolute atomic E-state index is 13.4. The summed E-state index contributed by atoms with van der Waals surface area (Å²) >= 11 is 0. The number of hydrogen-bond acceptors (Lipinski definition) is 4. The van der Waals surface area contributed by atoms with E-state index in [0.29, 0.717) is 18.7 Å². The number of aliphatic hydroxyl groups excluding tert-OH is 1. The van der Waals surface area contributed by atoms with Crippen LogP contribution in [0.15, 0.2) is 66.2 Å². The van der Waals surface area contributed by atoms with E-state index in [4.69, 9.17) is 4.74 Å². The molecule has 2 atom stereocenters. The van der Waals surface area contributed by atoms with Gasteiger partial charge in [-0.05, 0) is 54.7 Å². The minimum Gasteiger partial charge on any atom is -0.507 e. The lowest BCUT2D eigenvalue weighted by molar-refractivity contribution is -0.140. The van der Waals surface area contributed by atoms with Gasteiger partial charge in [0, 0.05) is 18.7 Å². The number of aliphatic hydroxyl groups is 1. The molecular formula is C28H27NO4. The van der Waals surface area contributed by atoms with Gasteiger partial charge in [0.15, 0.2) is 0 Å². The number of fused-ring (bicyclic) bond motifs is 1. The lowest BCUT2D eigenvalue weighted by Gasteiger charge is -2.28. The van der Waals surface area contributed by atoms with Crippen LogP contribution in [0, 0.1) is 13.8 Å². The number of carbonyl (C=O) groups is 2. The van der Waals surface area contributed by atoms with Crippen molar-refractivity contribution in [1.29, 1.82) is 0 Å². The zero-order chi connectivity index (χ0) is 23.1. The molecule has 3 aromatic carbocycles. The highest BCUT2D eigenvalue weighted by Gasteiger charge is 2.47. The van der Waals surface area contributed by atoms with Crippen molar-refractivity contribution in [3.63, 3.8) is 0 Å². The Morgan fingerprint density at radius 2 is 1.85 bits per heavy atom. The smallest absolute Gasteiger partial charge is 0.295 e. The highest BCUT2D eigenvalue weighted by Crippen LogP contribution is 2.42. The first kappa shape index (κ1) is 21.4. The van der Waals surface area contributed by atoms with E-state index >= 15 is 0 Å². The summed E-state index contributed by atoms with van der Waals surface area (Å²) in [6, 6.07) is 18.9. The standard InChI is InChI=1S/C28H27NO4/c1-17-12-13-18(2)23(15-17)26(30)24-25(22-11-5-8-19-7-3-4-10-21(19)22)29(28(32)27(24)31)16-20-9-6-14-33-20/h3-5,7-8,10-13,15,20,25,30H,6,9,14,16H2,1-2H3/b26-24+. The Kier molecular flexibility index (Phi) is 5.51. The Balaban J connectivity index is 1.73. The lowest BCUT2D eigenvalue weighted by Crippen LogP contribution is -2.36. The topological polar surface area (TPSA) is 66.8 Å². The number of carbonyl (C=O) groups excluding carboxylic acids is 2. The van der Waals surface area contributed by atoms with Gasteiger partial charge in [0.1, 0.15) is 5.76 Å². The second-order valence-electron chi connectivity index (χ2n) is 8.97. The Hall–Kier alpha value is -3.44. The molecule has 2 heterocycles. The number of likely N-dealkylation sites (tertiary alicyclic amines) is 1. The Morgan fingerprint density at radius 3 is 2.64 bits per heavy atom. The zero-order valence-electron chi connectivity index (χ0n) is 18.9. The quantitative estimate of drug-likeness (QED) is 0.349. The van der Waals surface area contributed by atoms with Crippen molar-refractivity contribution in [3.05, 3.63) is 88.5 Å². The van der Waals surface area contributed by atoms with Gasteiger partial charge in [-0.1, -0.05) is 60.2 Å². The van der Waals surface area contributed by atoms with Crippen LogP contribution in [0.2, 0.25) is 0 Å². The molecular weight excluding hydrogens is 414 g/mol. The van der Waals surface area contributed by atoms with Gasteiger partial charge in [-0.2, -0.15) is 0 Å². The van der Waals surface area contributed by atoms with E-state index in [1.54, 1.807) is 4.90 Å². The summed E-state index contributed by atoms with van der Waals surface area (Å²) in [5.74, 6) is -1.36. The molecule has 0 aromatic heterocycles. The second kappa shape index (κ2) is 8.49. The summed E-state index contributed by atoms with van der Waals surface area (Å²) in [4.78, 5) is 28.3. The lowest BCUT2D eigenvalue weighted by atomic mass is 9.90. The highest BCUT2D eigenvalue weighted by molar-refractivity contribution is 6.46. The summed E-state index contributed by atoms with van der Waals surface area (Å²) in [5.41, 5.74) is 3.37. The number of rotatable bonds is 4. The molecule has 5 nitrogen and oxygen atoms in total. The molecule has 0 spiro atoms. The van der Waals surface area contributed by atoms with E-state index in [9.17, 15) is 14.7 Å². The molecule has 2 aliphatic rings. The summed E-state index contributed by atoms with van der Waals surface area (Å²) < 4.78 is 5.80. The molecule has 1 amide bonds. The van der Waals surface area contributed by atoms with Crippen molar-refractivity contribution in [3.8, 4) is 0 Å². The van der Waals surface area contributed by atoms with Crippen LogP contribution >= 0.6 is 0 Å². The van der Waals surface area contributed by atoms with Crippen molar-refractivity contribution in [2.24, 2.45) is 0 Å². The third-order valence-electron chi connectivity index (χ3n) is 6.73. The minimum absolute atomic E-state index is 0.110. The number of amides is 1. The van der Waals surface area contributed by atoms with Crippen LogP contribution in [0.1, 0.15) is 41.1 Å². The number of ether oxygens (including phenoxy) is 1. The number of hydrogen-bond donors (Lipinski definition) is 1.